The van der Waals surface area contributed by atoms with Crippen molar-refractivity contribution < 1.29 is 9.47 Å². The number of aromatic nitrogens is 1. The number of hydrogen-bond donors (Lipinski definition) is 1. The molecule has 1 aromatic heterocycles. The van der Waals surface area contributed by atoms with E-state index < -0.39 is 0 Å². The Morgan fingerprint density at radius 2 is 2.47 bits per heavy atom. The molecule has 2 heterocycles. The molecule has 1 aromatic rings. The van der Waals surface area contributed by atoms with Gasteiger partial charge in [0, 0.05) is 25.7 Å². The van der Waals surface area contributed by atoms with E-state index in [-0.39, 0.29) is 0 Å². The number of nitrogens with zero attached hydrogens (tertiary/aromatic N) is 2. The van der Waals surface area contributed by atoms with Gasteiger partial charge in [-0.3, -0.25) is 0 Å². The summed E-state index contributed by atoms with van der Waals surface area (Å²) in [5, 5.41) is 11.9. The number of hydrogen-bond acceptors (Lipinski definition) is 5. The van der Waals surface area contributed by atoms with Crippen molar-refractivity contribution in [3.05, 3.63) is 23.9 Å². The van der Waals surface area contributed by atoms with Crippen molar-refractivity contribution in [1.29, 1.82) is 5.26 Å². The Kier molecular flexibility index (Phi) is 5.60. The molecular weight excluding hydrogens is 242 g/mol. The number of pyridine rings is 1. The summed E-state index contributed by atoms with van der Waals surface area (Å²) in [7, 11) is 0. The van der Waals surface area contributed by atoms with Gasteiger partial charge in [0.05, 0.1) is 13.2 Å². The highest BCUT2D eigenvalue weighted by Gasteiger charge is 2.14. The molecule has 5 nitrogen and oxygen atoms in total. The normalized spacial score (nSPS) is 18.2. The van der Waals surface area contributed by atoms with Gasteiger partial charge in [0.25, 0.3) is 0 Å². The van der Waals surface area contributed by atoms with Crippen LogP contribution >= 0.6 is 0 Å². The van der Waals surface area contributed by atoms with Gasteiger partial charge in [0.15, 0.2) is 0 Å². The minimum Gasteiger partial charge on any atom is -0.381 e. The molecule has 0 amide bonds. The van der Waals surface area contributed by atoms with Gasteiger partial charge >= 0.3 is 0 Å². The summed E-state index contributed by atoms with van der Waals surface area (Å²) >= 11 is 0. The molecule has 0 radical (unpaired) electrons. The van der Waals surface area contributed by atoms with Crippen LogP contribution in [0, 0.1) is 17.2 Å². The van der Waals surface area contributed by atoms with E-state index in [0.29, 0.717) is 11.6 Å². The molecule has 2 rings (SSSR count). The number of nitriles is 1. The number of rotatable bonds is 7. The zero-order chi connectivity index (χ0) is 13.3. The first-order valence-electron chi connectivity index (χ1n) is 6.65. The molecule has 1 saturated heterocycles. The van der Waals surface area contributed by atoms with Gasteiger partial charge in [-0.1, -0.05) is 6.07 Å². The fourth-order valence-electron chi connectivity index (χ4n) is 1.95. The largest absolute Gasteiger partial charge is 0.381 e. The molecule has 0 saturated carbocycles. The van der Waals surface area contributed by atoms with Crippen molar-refractivity contribution in [1.82, 2.24) is 4.98 Å². The molecule has 1 unspecified atom stereocenters. The van der Waals surface area contributed by atoms with Crippen LogP contribution in [-0.4, -0.2) is 38.0 Å². The van der Waals surface area contributed by atoms with Gasteiger partial charge in [-0.05, 0) is 25.0 Å². The third-order valence-electron chi connectivity index (χ3n) is 3.01. The molecule has 0 aromatic carbocycles. The van der Waals surface area contributed by atoms with E-state index in [4.69, 9.17) is 14.7 Å². The standard InChI is InChI=1S/C14H19N3O2/c15-9-13-3-1-4-14(17-13)16-6-2-7-18-10-12-5-8-19-11-12/h1,3-4,12H,2,5-8,10-11H2,(H,16,17). The maximum atomic E-state index is 8.74. The molecule has 19 heavy (non-hydrogen) atoms. The third kappa shape index (κ3) is 4.86. The Labute approximate surface area is 113 Å². The fourth-order valence-corrected chi connectivity index (χ4v) is 1.95. The molecule has 1 N–H and O–H groups in total. The van der Waals surface area contributed by atoms with E-state index in [1.807, 2.05) is 18.2 Å². The zero-order valence-corrected chi connectivity index (χ0v) is 11.0. The zero-order valence-electron chi connectivity index (χ0n) is 11.0. The van der Waals surface area contributed by atoms with Crippen molar-refractivity contribution in [2.75, 3.05) is 38.3 Å². The number of ether oxygens (including phenoxy) is 2. The Bertz CT molecular complexity index is 425. The van der Waals surface area contributed by atoms with Crippen molar-refractivity contribution >= 4 is 5.82 Å². The van der Waals surface area contributed by atoms with Crippen LogP contribution in [0.25, 0.3) is 0 Å². The minimum atomic E-state index is 0.433. The lowest BCUT2D eigenvalue weighted by Gasteiger charge is -2.09. The summed E-state index contributed by atoms with van der Waals surface area (Å²) in [5.41, 5.74) is 0.433. The van der Waals surface area contributed by atoms with Crippen molar-refractivity contribution in [2.45, 2.75) is 12.8 Å². The van der Waals surface area contributed by atoms with Crippen molar-refractivity contribution in [2.24, 2.45) is 5.92 Å². The van der Waals surface area contributed by atoms with Crippen molar-refractivity contribution in [3.63, 3.8) is 0 Å². The van der Waals surface area contributed by atoms with Crippen LogP contribution in [0.15, 0.2) is 18.2 Å². The highest BCUT2D eigenvalue weighted by atomic mass is 16.5. The number of anilines is 1. The molecule has 5 heteroatoms. The van der Waals surface area contributed by atoms with Crippen LogP contribution in [0.5, 0.6) is 0 Å². The topological polar surface area (TPSA) is 67.2 Å². The first-order chi connectivity index (χ1) is 9.38. The van der Waals surface area contributed by atoms with Gasteiger partial charge in [0.2, 0.25) is 0 Å². The predicted molar refractivity (Wildman–Crippen MR) is 71.8 cm³/mol. The van der Waals surface area contributed by atoms with Crippen molar-refractivity contribution in [3.8, 4) is 6.07 Å². The second-order valence-electron chi connectivity index (χ2n) is 4.60. The lowest BCUT2D eigenvalue weighted by Crippen LogP contribution is -2.12. The van der Waals surface area contributed by atoms with Crippen LogP contribution in [0.2, 0.25) is 0 Å². The van der Waals surface area contributed by atoms with Gasteiger partial charge < -0.3 is 14.8 Å². The monoisotopic (exact) mass is 261 g/mol. The SMILES string of the molecule is N#Cc1cccc(NCCCOCC2CCOC2)n1. The van der Waals surface area contributed by atoms with Gasteiger partial charge in [0.1, 0.15) is 17.6 Å². The maximum absolute atomic E-state index is 8.74. The van der Waals surface area contributed by atoms with E-state index in [2.05, 4.69) is 10.3 Å². The maximum Gasteiger partial charge on any atom is 0.142 e. The summed E-state index contributed by atoms with van der Waals surface area (Å²) < 4.78 is 10.9. The van der Waals surface area contributed by atoms with E-state index in [1.165, 1.54) is 0 Å². The van der Waals surface area contributed by atoms with E-state index in [9.17, 15) is 0 Å². The second-order valence-corrected chi connectivity index (χ2v) is 4.60. The summed E-state index contributed by atoms with van der Waals surface area (Å²) in [6.07, 6.45) is 2.04. The summed E-state index contributed by atoms with van der Waals surface area (Å²) in [6, 6.07) is 7.40. The highest BCUT2D eigenvalue weighted by molar-refractivity contribution is 5.38. The average Bonchev–Trinajstić information content (AvgIpc) is 2.96. The second kappa shape index (κ2) is 7.72. The van der Waals surface area contributed by atoms with Crippen LogP contribution in [0.1, 0.15) is 18.5 Å². The van der Waals surface area contributed by atoms with E-state index in [0.717, 1.165) is 51.6 Å². The Balaban J connectivity index is 1.55. The predicted octanol–water partition coefficient (Wildman–Crippen LogP) is 1.81. The molecular formula is C14H19N3O2. The first kappa shape index (κ1) is 13.8. The third-order valence-corrected chi connectivity index (χ3v) is 3.01. The van der Waals surface area contributed by atoms with Gasteiger partial charge in [-0.2, -0.15) is 5.26 Å². The number of nitrogens with one attached hydrogen (secondary N) is 1. The molecule has 1 atom stereocenters. The van der Waals surface area contributed by atoms with E-state index >= 15 is 0 Å². The molecule has 1 aliphatic heterocycles. The Hall–Kier alpha value is -1.64. The molecule has 0 spiro atoms. The summed E-state index contributed by atoms with van der Waals surface area (Å²) in [5.74, 6) is 1.31. The lowest BCUT2D eigenvalue weighted by atomic mass is 10.1. The average molecular weight is 261 g/mol. The molecule has 102 valence electrons. The minimum absolute atomic E-state index is 0.433. The van der Waals surface area contributed by atoms with Crippen LogP contribution in [0.3, 0.4) is 0 Å². The summed E-state index contributed by atoms with van der Waals surface area (Å²) in [4.78, 5) is 4.14. The highest BCUT2D eigenvalue weighted by Crippen LogP contribution is 2.12. The first-order valence-corrected chi connectivity index (χ1v) is 6.65. The fraction of sp³-hybridized carbons (Fsp3) is 0.571. The molecule has 1 fully saturated rings. The Morgan fingerprint density at radius 1 is 1.53 bits per heavy atom. The quantitative estimate of drug-likeness (QED) is 0.758. The summed E-state index contributed by atoms with van der Waals surface area (Å²) in [6.45, 7) is 4.03. The molecule has 1 aliphatic rings. The van der Waals surface area contributed by atoms with Crippen LogP contribution < -0.4 is 5.32 Å². The Morgan fingerprint density at radius 3 is 3.26 bits per heavy atom. The van der Waals surface area contributed by atoms with Gasteiger partial charge in [-0.25, -0.2) is 4.98 Å². The smallest absolute Gasteiger partial charge is 0.142 e. The molecule has 0 bridgehead atoms. The van der Waals surface area contributed by atoms with Gasteiger partial charge in [-0.15, -0.1) is 0 Å². The van der Waals surface area contributed by atoms with Crippen LogP contribution in [0.4, 0.5) is 5.82 Å². The van der Waals surface area contributed by atoms with Crippen LogP contribution in [-0.2, 0) is 9.47 Å². The molecule has 0 aliphatic carbocycles. The lowest BCUT2D eigenvalue weighted by molar-refractivity contribution is 0.0897. The van der Waals surface area contributed by atoms with E-state index in [1.54, 1.807) is 6.07 Å².